The molecule has 0 aliphatic rings. The lowest BCUT2D eigenvalue weighted by Gasteiger charge is -2.11. The SMILES string of the molecule is CCOC(=O)c1cc(Nc2ccc(C)c(F)c2)ccc1N. The summed E-state index contributed by atoms with van der Waals surface area (Å²) in [6, 6.07) is 9.76. The summed E-state index contributed by atoms with van der Waals surface area (Å²) in [5.41, 5.74) is 8.20. The molecule has 0 saturated carbocycles. The van der Waals surface area contributed by atoms with Crippen molar-refractivity contribution in [2.24, 2.45) is 0 Å². The maximum atomic E-state index is 13.5. The van der Waals surface area contributed by atoms with Gasteiger partial charge in [0.25, 0.3) is 0 Å². The predicted octanol–water partition coefficient (Wildman–Crippen LogP) is 3.64. The van der Waals surface area contributed by atoms with Crippen LogP contribution >= 0.6 is 0 Å². The summed E-state index contributed by atoms with van der Waals surface area (Å²) in [4.78, 5) is 11.8. The number of carbonyl (C=O) groups is 1. The van der Waals surface area contributed by atoms with Gasteiger partial charge >= 0.3 is 5.97 Å². The number of nitrogens with one attached hydrogen (secondary N) is 1. The Bertz CT molecular complexity index is 671. The van der Waals surface area contributed by atoms with Crippen molar-refractivity contribution in [3.8, 4) is 0 Å². The normalized spacial score (nSPS) is 10.2. The van der Waals surface area contributed by atoms with Gasteiger partial charge in [0.2, 0.25) is 0 Å². The largest absolute Gasteiger partial charge is 0.462 e. The molecule has 0 unspecified atom stereocenters. The van der Waals surface area contributed by atoms with Crippen LogP contribution in [0.2, 0.25) is 0 Å². The number of hydrogen-bond acceptors (Lipinski definition) is 4. The van der Waals surface area contributed by atoms with Crippen LogP contribution in [0.1, 0.15) is 22.8 Å². The first kappa shape index (κ1) is 14.8. The third-order valence-corrected chi connectivity index (χ3v) is 3.01. The van der Waals surface area contributed by atoms with Crippen LogP contribution in [0.25, 0.3) is 0 Å². The van der Waals surface area contributed by atoms with Crippen molar-refractivity contribution in [3.63, 3.8) is 0 Å². The smallest absolute Gasteiger partial charge is 0.340 e. The third-order valence-electron chi connectivity index (χ3n) is 3.01. The Kier molecular flexibility index (Phi) is 4.42. The lowest BCUT2D eigenvalue weighted by atomic mass is 10.1. The summed E-state index contributed by atoms with van der Waals surface area (Å²) in [6.45, 7) is 3.70. The maximum Gasteiger partial charge on any atom is 0.340 e. The number of nitrogen functional groups attached to an aromatic ring is 1. The number of anilines is 3. The summed E-state index contributed by atoms with van der Waals surface area (Å²) < 4.78 is 18.5. The van der Waals surface area contributed by atoms with E-state index in [1.165, 1.54) is 6.07 Å². The van der Waals surface area contributed by atoms with Gasteiger partial charge < -0.3 is 15.8 Å². The fourth-order valence-corrected chi connectivity index (χ4v) is 1.86. The summed E-state index contributed by atoms with van der Waals surface area (Å²) in [7, 11) is 0. The Balaban J connectivity index is 2.26. The van der Waals surface area contributed by atoms with Gasteiger partial charge in [0.1, 0.15) is 5.82 Å². The van der Waals surface area contributed by atoms with E-state index < -0.39 is 5.97 Å². The minimum Gasteiger partial charge on any atom is -0.462 e. The fraction of sp³-hybridized carbons (Fsp3) is 0.188. The molecule has 0 heterocycles. The molecule has 0 atom stereocenters. The molecule has 110 valence electrons. The van der Waals surface area contributed by atoms with E-state index in [-0.39, 0.29) is 18.0 Å². The average molecular weight is 288 g/mol. The molecule has 5 heteroatoms. The monoisotopic (exact) mass is 288 g/mol. The highest BCUT2D eigenvalue weighted by atomic mass is 19.1. The Morgan fingerprint density at radius 1 is 1.24 bits per heavy atom. The molecule has 2 aromatic carbocycles. The number of ether oxygens (including phenoxy) is 1. The number of carbonyl (C=O) groups excluding carboxylic acids is 1. The van der Waals surface area contributed by atoms with Gasteiger partial charge in [0.05, 0.1) is 12.2 Å². The van der Waals surface area contributed by atoms with Gasteiger partial charge in [0, 0.05) is 17.1 Å². The van der Waals surface area contributed by atoms with Crippen LogP contribution in [0.4, 0.5) is 21.5 Å². The molecular formula is C16H17FN2O2. The average Bonchev–Trinajstić information content (AvgIpc) is 2.45. The summed E-state index contributed by atoms with van der Waals surface area (Å²) in [6.07, 6.45) is 0. The van der Waals surface area contributed by atoms with Crippen LogP contribution in [0.3, 0.4) is 0 Å². The molecular weight excluding hydrogens is 271 g/mol. The first-order chi connectivity index (χ1) is 10.0. The van der Waals surface area contributed by atoms with Gasteiger partial charge in [-0.1, -0.05) is 6.07 Å². The highest BCUT2D eigenvalue weighted by Crippen LogP contribution is 2.23. The van der Waals surface area contributed by atoms with Crippen LogP contribution in [-0.4, -0.2) is 12.6 Å². The number of esters is 1. The minimum absolute atomic E-state index is 0.277. The lowest BCUT2D eigenvalue weighted by Crippen LogP contribution is -2.08. The van der Waals surface area contributed by atoms with Gasteiger partial charge in [-0.3, -0.25) is 0 Å². The van der Waals surface area contributed by atoms with Gasteiger partial charge in [-0.15, -0.1) is 0 Å². The van der Waals surface area contributed by atoms with E-state index in [4.69, 9.17) is 10.5 Å². The molecule has 0 saturated heterocycles. The van der Waals surface area contributed by atoms with E-state index >= 15 is 0 Å². The van der Waals surface area contributed by atoms with Gasteiger partial charge in [0.15, 0.2) is 0 Å². The second-order valence-corrected chi connectivity index (χ2v) is 4.61. The van der Waals surface area contributed by atoms with Crippen LogP contribution in [0.15, 0.2) is 36.4 Å². The molecule has 0 aliphatic heterocycles. The number of rotatable bonds is 4. The van der Waals surface area contributed by atoms with Crippen molar-refractivity contribution in [1.29, 1.82) is 0 Å². The van der Waals surface area contributed by atoms with Crippen molar-refractivity contribution in [2.75, 3.05) is 17.7 Å². The number of halogens is 1. The van der Waals surface area contributed by atoms with Gasteiger partial charge in [-0.2, -0.15) is 0 Å². The molecule has 2 rings (SSSR count). The van der Waals surface area contributed by atoms with Crippen molar-refractivity contribution < 1.29 is 13.9 Å². The summed E-state index contributed by atoms with van der Waals surface area (Å²) in [5, 5.41) is 3.03. The van der Waals surface area contributed by atoms with Gasteiger partial charge in [-0.05, 0) is 49.7 Å². The van der Waals surface area contributed by atoms with Crippen LogP contribution in [0.5, 0.6) is 0 Å². The van der Waals surface area contributed by atoms with Crippen LogP contribution < -0.4 is 11.1 Å². The van der Waals surface area contributed by atoms with Crippen molar-refractivity contribution in [1.82, 2.24) is 0 Å². The zero-order valence-electron chi connectivity index (χ0n) is 11.9. The topological polar surface area (TPSA) is 64.3 Å². The molecule has 3 N–H and O–H groups in total. The van der Waals surface area contributed by atoms with Crippen molar-refractivity contribution >= 4 is 23.0 Å². The second-order valence-electron chi connectivity index (χ2n) is 4.61. The lowest BCUT2D eigenvalue weighted by molar-refractivity contribution is 0.0527. The molecule has 0 amide bonds. The standard InChI is InChI=1S/C16H17FN2O2/c1-3-21-16(20)13-8-11(6-7-15(13)18)19-12-5-4-10(2)14(17)9-12/h4-9,19H,3,18H2,1-2H3. The van der Waals surface area contributed by atoms with Gasteiger partial charge in [-0.25, -0.2) is 9.18 Å². The van der Waals surface area contributed by atoms with E-state index in [0.717, 1.165) is 0 Å². The summed E-state index contributed by atoms with van der Waals surface area (Å²) >= 11 is 0. The predicted molar refractivity (Wildman–Crippen MR) is 81.2 cm³/mol. The Morgan fingerprint density at radius 3 is 2.57 bits per heavy atom. The van der Waals surface area contributed by atoms with Crippen molar-refractivity contribution in [2.45, 2.75) is 13.8 Å². The first-order valence-corrected chi connectivity index (χ1v) is 6.61. The molecule has 0 aliphatic carbocycles. The zero-order chi connectivity index (χ0) is 15.4. The Hall–Kier alpha value is -2.56. The zero-order valence-corrected chi connectivity index (χ0v) is 11.9. The maximum absolute atomic E-state index is 13.5. The number of nitrogens with two attached hydrogens (primary N) is 1. The third kappa shape index (κ3) is 3.51. The fourth-order valence-electron chi connectivity index (χ4n) is 1.86. The molecule has 2 aromatic rings. The van der Waals surface area contributed by atoms with E-state index in [9.17, 15) is 9.18 Å². The first-order valence-electron chi connectivity index (χ1n) is 6.61. The number of aryl methyl sites for hydroxylation is 1. The Morgan fingerprint density at radius 2 is 1.90 bits per heavy atom. The van der Waals surface area contributed by atoms with Crippen LogP contribution in [0, 0.1) is 12.7 Å². The molecule has 0 spiro atoms. The Labute approximate surface area is 122 Å². The minimum atomic E-state index is -0.478. The highest BCUT2D eigenvalue weighted by Gasteiger charge is 2.11. The van der Waals surface area contributed by atoms with Crippen molar-refractivity contribution in [3.05, 3.63) is 53.3 Å². The molecule has 0 radical (unpaired) electrons. The number of hydrogen-bond donors (Lipinski definition) is 2. The van der Waals surface area contributed by atoms with Crippen LogP contribution in [-0.2, 0) is 4.74 Å². The molecule has 0 fully saturated rings. The highest BCUT2D eigenvalue weighted by molar-refractivity contribution is 5.96. The molecule has 4 nitrogen and oxygen atoms in total. The van der Waals surface area contributed by atoms with E-state index in [2.05, 4.69) is 5.32 Å². The van der Waals surface area contributed by atoms with E-state index in [0.29, 0.717) is 22.6 Å². The second kappa shape index (κ2) is 6.26. The summed E-state index contributed by atoms with van der Waals surface area (Å²) in [5.74, 6) is -0.769. The quantitative estimate of drug-likeness (QED) is 0.666. The number of benzene rings is 2. The van der Waals surface area contributed by atoms with E-state index in [1.54, 1.807) is 44.2 Å². The molecule has 21 heavy (non-hydrogen) atoms. The molecule has 0 aromatic heterocycles. The molecule has 0 bridgehead atoms. The van der Waals surface area contributed by atoms with E-state index in [1.807, 2.05) is 0 Å².